The lowest BCUT2D eigenvalue weighted by molar-refractivity contribution is -0.134. The molecule has 3 atom stereocenters. The predicted octanol–water partition coefficient (Wildman–Crippen LogP) is 3.19. The Bertz CT molecular complexity index is 572. The molecule has 2 fully saturated rings. The molecule has 1 aliphatic carbocycles. The summed E-state index contributed by atoms with van der Waals surface area (Å²) in [6, 6.07) is 9.33. The number of Topliss-reactive ketones (excluding diaryl/α,β-unsaturated/α-hetero) is 1. The summed E-state index contributed by atoms with van der Waals surface area (Å²) in [4.78, 5) is 27.0. The van der Waals surface area contributed by atoms with Gasteiger partial charge in [0.25, 0.3) is 0 Å². The van der Waals surface area contributed by atoms with E-state index < -0.39 is 0 Å². The van der Waals surface area contributed by atoms with Gasteiger partial charge in [0.15, 0.2) is 5.78 Å². The van der Waals surface area contributed by atoms with Crippen LogP contribution < -0.4 is 0 Å². The van der Waals surface area contributed by atoms with Crippen molar-refractivity contribution in [1.82, 2.24) is 4.90 Å². The average Bonchev–Trinajstić information content (AvgIpc) is 3.06. The molecule has 4 heteroatoms. The second-order valence-corrected chi connectivity index (χ2v) is 7.19. The number of hydrogen-bond acceptors (Lipinski definition) is 3. The van der Waals surface area contributed by atoms with Crippen LogP contribution in [0.2, 0.25) is 0 Å². The second-order valence-electron chi connectivity index (χ2n) is 7.19. The van der Waals surface area contributed by atoms with Crippen LogP contribution in [0.5, 0.6) is 0 Å². The number of ketones is 1. The third-order valence-corrected chi connectivity index (χ3v) is 5.52. The van der Waals surface area contributed by atoms with Crippen LogP contribution in [0.3, 0.4) is 0 Å². The Morgan fingerprint density at radius 1 is 1.00 bits per heavy atom. The van der Waals surface area contributed by atoms with Crippen LogP contribution in [0.4, 0.5) is 0 Å². The minimum absolute atomic E-state index is 0.0194. The number of carbonyl (C=O) groups is 2. The molecule has 130 valence electrons. The molecule has 1 saturated heterocycles. The molecule has 24 heavy (non-hydrogen) atoms. The van der Waals surface area contributed by atoms with Crippen LogP contribution >= 0.6 is 0 Å². The Hall–Kier alpha value is -1.68. The van der Waals surface area contributed by atoms with E-state index in [0.717, 1.165) is 50.6 Å². The molecule has 1 aliphatic heterocycles. The number of aliphatic hydroxyl groups is 1. The van der Waals surface area contributed by atoms with Gasteiger partial charge in [-0.2, -0.15) is 0 Å². The molecule has 0 bridgehead atoms. The normalized spacial score (nSPS) is 27.2. The fourth-order valence-corrected chi connectivity index (χ4v) is 4.10. The van der Waals surface area contributed by atoms with Crippen molar-refractivity contribution in [3.05, 3.63) is 35.9 Å². The molecule has 1 saturated carbocycles. The lowest BCUT2D eigenvalue weighted by Gasteiger charge is -2.30. The SMILES string of the molecule is O=C(C[C@H]1CCCN1C(=O)C[C@@H]1CCCC[C@H]1O)c1ccccc1. The number of nitrogens with zero attached hydrogens (tertiary/aromatic N) is 1. The molecule has 1 heterocycles. The summed E-state index contributed by atoms with van der Waals surface area (Å²) in [6.45, 7) is 0.744. The van der Waals surface area contributed by atoms with Crippen molar-refractivity contribution in [2.24, 2.45) is 5.92 Å². The van der Waals surface area contributed by atoms with Gasteiger partial charge >= 0.3 is 0 Å². The van der Waals surface area contributed by atoms with E-state index >= 15 is 0 Å². The van der Waals surface area contributed by atoms with Crippen molar-refractivity contribution in [2.45, 2.75) is 63.5 Å². The predicted molar refractivity (Wildman–Crippen MR) is 92.7 cm³/mol. The Morgan fingerprint density at radius 2 is 1.75 bits per heavy atom. The minimum Gasteiger partial charge on any atom is -0.393 e. The highest BCUT2D eigenvalue weighted by Gasteiger charge is 2.33. The van der Waals surface area contributed by atoms with Gasteiger partial charge in [-0.05, 0) is 31.6 Å². The summed E-state index contributed by atoms with van der Waals surface area (Å²) in [5.74, 6) is 0.319. The van der Waals surface area contributed by atoms with Crippen molar-refractivity contribution in [2.75, 3.05) is 6.54 Å². The van der Waals surface area contributed by atoms with E-state index in [1.165, 1.54) is 0 Å². The van der Waals surface area contributed by atoms with Crippen LogP contribution in [0, 0.1) is 5.92 Å². The smallest absolute Gasteiger partial charge is 0.223 e. The van der Waals surface area contributed by atoms with Gasteiger partial charge in [-0.3, -0.25) is 9.59 Å². The zero-order valence-corrected chi connectivity index (χ0v) is 14.2. The number of benzene rings is 1. The molecule has 1 aromatic rings. The maximum absolute atomic E-state index is 12.7. The maximum Gasteiger partial charge on any atom is 0.223 e. The molecule has 2 aliphatic rings. The Morgan fingerprint density at radius 3 is 2.50 bits per heavy atom. The van der Waals surface area contributed by atoms with Gasteiger partial charge in [0, 0.05) is 31.0 Å². The molecule has 4 nitrogen and oxygen atoms in total. The third-order valence-electron chi connectivity index (χ3n) is 5.52. The summed E-state index contributed by atoms with van der Waals surface area (Å²) in [6.07, 6.45) is 6.27. The fraction of sp³-hybridized carbons (Fsp3) is 0.600. The standard InChI is InChI=1S/C20H27NO3/c22-18-11-5-4-9-16(18)13-20(24)21-12-6-10-17(21)14-19(23)15-7-2-1-3-8-15/h1-3,7-8,16-18,22H,4-6,9-14H2/t16-,17+,18+/m0/s1. The molecule has 0 radical (unpaired) electrons. The Labute approximate surface area is 143 Å². The van der Waals surface area contributed by atoms with Crippen LogP contribution in [0.1, 0.15) is 61.7 Å². The molecule has 1 N–H and O–H groups in total. The topological polar surface area (TPSA) is 57.6 Å². The number of hydrogen-bond donors (Lipinski definition) is 1. The lowest BCUT2D eigenvalue weighted by Crippen LogP contribution is -2.39. The van der Waals surface area contributed by atoms with Crippen molar-refractivity contribution < 1.29 is 14.7 Å². The summed E-state index contributed by atoms with van der Waals surface area (Å²) in [5.41, 5.74) is 0.722. The van der Waals surface area contributed by atoms with E-state index in [9.17, 15) is 14.7 Å². The highest BCUT2D eigenvalue weighted by Crippen LogP contribution is 2.30. The van der Waals surface area contributed by atoms with E-state index in [1.807, 2.05) is 35.2 Å². The summed E-state index contributed by atoms with van der Waals surface area (Å²) >= 11 is 0. The van der Waals surface area contributed by atoms with Gasteiger partial charge < -0.3 is 10.0 Å². The van der Waals surface area contributed by atoms with Crippen LogP contribution in [-0.4, -0.2) is 40.4 Å². The Balaban J connectivity index is 1.58. The molecule has 1 aromatic carbocycles. The lowest BCUT2D eigenvalue weighted by atomic mass is 9.84. The van der Waals surface area contributed by atoms with Crippen molar-refractivity contribution in [1.29, 1.82) is 0 Å². The van der Waals surface area contributed by atoms with E-state index in [4.69, 9.17) is 0 Å². The van der Waals surface area contributed by atoms with Gasteiger partial charge in [-0.1, -0.05) is 43.2 Å². The van der Waals surface area contributed by atoms with Crippen LogP contribution in [0.15, 0.2) is 30.3 Å². The minimum atomic E-state index is -0.338. The third kappa shape index (κ3) is 4.04. The molecular formula is C20H27NO3. The number of rotatable bonds is 5. The molecule has 1 amide bonds. The van der Waals surface area contributed by atoms with Gasteiger partial charge in [0.05, 0.1) is 6.10 Å². The average molecular weight is 329 g/mol. The first-order chi connectivity index (χ1) is 11.6. The first-order valence-corrected chi connectivity index (χ1v) is 9.21. The molecular weight excluding hydrogens is 302 g/mol. The highest BCUT2D eigenvalue weighted by molar-refractivity contribution is 5.96. The number of likely N-dealkylation sites (tertiary alicyclic amines) is 1. The fourth-order valence-electron chi connectivity index (χ4n) is 4.10. The van der Waals surface area contributed by atoms with Crippen molar-refractivity contribution in [3.8, 4) is 0 Å². The van der Waals surface area contributed by atoms with Gasteiger partial charge in [-0.15, -0.1) is 0 Å². The van der Waals surface area contributed by atoms with Gasteiger partial charge in [0.2, 0.25) is 5.91 Å². The van der Waals surface area contributed by atoms with E-state index in [0.29, 0.717) is 12.8 Å². The Kier molecular flexibility index (Phi) is 5.67. The molecule has 0 aromatic heterocycles. The van der Waals surface area contributed by atoms with Crippen LogP contribution in [-0.2, 0) is 4.79 Å². The summed E-state index contributed by atoms with van der Waals surface area (Å²) in [7, 11) is 0. The zero-order chi connectivity index (χ0) is 16.9. The maximum atomic E-state index is 12.7. The number of amides is 1. The van der Waals surface area contributed by atoms with E-state index in [2.05, 4.69) is 0 Å². The van der Waals surface area contributed by atoms with Gasteiger partial charge in [-0.25, -0.2) is 0 Å². The summed E-state index contributed by atoms with van der Waals surface area (Å²) in [5, 5.41) is 10.1. The highest BCUT2D eigenvalue weighted by atomic mass is 16.3. The number of aliphatic hydroxyl groups excluding tert-OH is 1. The molecule has 0 spiro atoms. The first-order valence-electron chi connectivity index (χ1n) is 9.21. The second kappa shape index (κ2) is 7.93. The van der Waals surface area contributed by atoms with Crippen LogP contribution in [0.25, 0.3) is 0 Å². The van der Waals surface area contributed by atoms with E-state index in [1.54, 1.807) is 0 Å². The van der Waals surface area contributed by atoms with Crippen molar-refractivity contribution >= 4 is 11.7 Å². The van der Waals surface area contributed by atoms with Crippen molar-refractivity contribution in [3.63, 3.8) is 0 Å². The quantitative estimate of drug-likeness (QED) is 0.844. The number of carbonyl (C=O) groups excluding carboxylic acids is 2. The largest absolute Gasteiger partial charge is 0.393 e. The van der Waals surface area contributed by atoms with Gasteiger partial charge in [0.1, 0.15) is 0 Å². The monoisotopic (exact) mass is 329 g/mol. The summed E-state index contributed by atoms with van der Waals surface area (Å²) < 4.78 is 0. The molecule has 3 rings (SSSR count). The van der Waals surface area contributed by atoms with E-state index in [-0.39, 0.29) is 29.8 Å². The first kappa shape index (κ1) is 17.2. The zero-order valence-electron chi connectivity index (χ0n) is 14.2. The molecule has 0 unspecified atom stereocenters.